The molecule has 3 rings (SSSR count). The van der Waals surface area contributed by atoms with Crippen molar-refractivity contribution in [1.29, 1.82) is 0 Å². The van der Waals surface area contributed by atoms with Gasteiger partial charge in [-0.05, 0) is 32.4 Å². The molecule has 0 saturated carbocycles. The summed E-state index contributed by atoms with van der Waals surface area (Å²) < 4.78 is 0. The summed E-state index contributed by atoms with van der Waals surface area (Å²) in [7, 11) is 0. The molecule has 17 heavy (non-hydrogen) atoms. The Kier molecular flexibility index (Phi) is 2.88. The van der Waals surface area contributed by atoms with Gasteiger partial charge in [0.15, 0.2) is 0 Å². The molecule has 1 aromatic rings. The van der Waals surface area contributed by atoms with Crippen LogP contribution in [0.5, 0.6) is 0 Å². The lowest BCUT2D eigenvalue weighted by molar-refractivity contribution is 0.174. The summed E-state index contributed by atoms with van der Waals surface area (Å²) in [6.45, 7) is 4.60. The van der Waals surface area contributed by atoms with Crippen molar-refractivity contribution >= 4 is 11.9 Å². The van der Waals surface area contributed by atoms with E-state index < -0.39 is 0 Å². The third-order valence-electron chi connectivity index (χ3n) is 3.84. The fourth-order valence-corrected chi connectivity index (χ4v) is 2.91. The molecule has 6 nitrogen and oxygen atoms in total. The Hall–Kier alpha value is -1.30. The van der Waals surface area contributed by atoms with E-state index >= 15 is 0 Å². The van der Waals surface area contributed by atoms with Crippen molar-refractivity contribution in [3.05, 3.63) is 0 Å². The number of hydrogen-bond acceptors (Lipinski definition) is 5. The summed E-state index contributed by atoms with van der Waals surface area (Å²) in [6.07, 6.45) is 5.31. The first-order valence-corrected chi connectivity index (χ1v) is 6.50. The Morgan fingerprint density at radius 1 is 1.18 bits per heavy atom. The minimum atomic E-state index is 0.404. The van der Waals surface area contributed by atoms with Crippen molar-refractivity contribution in [3.63, 3.8) is 0 Å². The molecule has 0 amide bonds. The van der Waals surface area contributed by atoms with Crippen LogP contribution in [0.2, 0.25) is 0 Å². The second kappa shape index (κ2) is 4.52. The topological polar surface area (TPSA) is 74.1 Å². The molecule has 0 aromatic carbocycles. The highest BCUT2D eigenvalue weighted by molar-refractivity contribution is 5.35. The molecule has 94 valence electrons. The van der Waals surface area contributed by atoms with Crippen LogP contribution in [0.15, 0.2) is 0 Å². The van der Waals surface area contributed by atoms with Gasteiger partial charge < -0.3 is 10.6 Å². The van der Waals surface area contributed by atoms with Gasteiger partial charge in [0.2, 0.25) is 11.9 Å². The molecule has 3 N–H and O–H groups in total. The normalized spacial score (nSPS) is 26.6. The van der Waals surface area contributed by atoms with Crippen molar-refractivity contribution < 1.29 is 0 Å². The number of H-pyrrole nitrogens is 1. The average molecular weight is 236 g/mol. The lowest BCUT2D eigenvalue weighted by atomic mass is 10.1. The minimum absolute atomic E-state index is 0.404. The van der Waals surface area contributed by atoms with Crippen molar-refractivity contribution in [2.75, 3.05) is 36.8 Å². The first kappa shape index (κ1) is 10.8. The zero-order chi connectivity index (χ0) is 11.7. The van der Waals surface area contributed by atoms with Crippen LogP contribution in [0.4, 0.5) is 11.9 Å². The van der Waals surface area contributed by atoms with E-state index in [1.54, 1.807) is 0 Å². The van der Waals surface area contributed by atoms with Crippen LogP contribution in [0, 0.1) is 0 Å². The quantitative estimate of drug-likeness (QED) is 0.780. The number of hydrogen-bond donors (Lipinski definition) is 2. The highest BCUT2D eigenvalue weighted by atomic mass is 15.4. The van der Waals surface area contributed by atoms with E-state index in [1.807, 2.05) is 0 Å². The van der Waals surface area contributed by atoms with Crippen molar-refractivity contribution in [2.24, 2.45) is 0 Å². The van der Waals surface area contributed by atoms with Gasteiger partial charge in [0, 0.05) is 19.1 Å². The summed E-state index contributed by atoms with van der Waals surface area (Å²) in [5, 5.41) is 6.82. The largest absolute Gasteiger partial charge is 0.368 e. The van der Waals surface area contributed by atoms with Gasteiger partial charge in [-0.2, -0.15) is 4.98 Å². The maximum Gasteiger partial charge on any atom is 0.246 e. The summed E-state index contributed by atoms with van der Waals surface area (Å²) in [5.74, 6) is 1.16. The number of piperidine rings is 1. The Balaban J connectivity index is 1.61. The maximum atomic E-state index is 5.56. The molecule has 1 unspecified atom stereocenters. The average Bonchev–Trinajstić information content (AvgIpc) is 2.98. The summed E-state index contributed by atoms with van der Waals surface area (Å²) in [4.78, 5) is 9.04. The molecule has 2 aliphatic rings. The fraction of sp³-hybridized carbons (Fsp3) is 0.818. The molecule has 0 radical (unpaired) electrons. The molecular weight excluding hydrogens is 216 g/mol. The molecule has 2 saturated heterocycles. The zero-order valence-corrected chi connectivity index (χ0v) is 10.1. The van der Waals surface area contributed by atoms with Crippen LogP contribution < -0.4 is 10.6 Å². The summed E-state index contributed by atoms with van der Waals surface area (Å²) in [5.41, 5.74) is 5.56. The van der Waals surface area contributed by atoms with Gasteiger partial charge in [0.25, 0.3) is 0 Å². The predicted molar refractivity (Wildman–Crippen MR) is 66.8 cm³/mol. The van der Waals surface area contributed by atoms with Gasteiger partial charge in [-0.25, -0.2) is 5.10 Å². The second-order valence-corrected chi connectivity index (χ2v) is 5.01. The Morgan fingerprint density at radius 2 is 2.00 bits per heavy atom. The first-order chi connectivity index (χ1) is 8.33. The highest BCUT2D eigenvalue weighted by Gasteiger charge is 2.29. The number of nitrogens with one attached hydrogen (secondary N) is 1. The van der Waals surface area contributed by atoms with Gasteiger partial charge in [-0.3, -0.25) is 4.90 Å². The summed E-state index contributed by atoms with van der Waals surface area (Å²) in [6, 6.07) is 0.676. The number of aromatic nitrogens is 3. The van der Waals surface area contributed by atoms with Gasteiger partial charge in [-0.1, -0.05) is 6.42 Å². The van der Waals surface area contributed by atoms with E-state index in [1.165, 1.54) is 38.8 Å². The van der Waals surface area contributed by atoms with E-state index in [9.17, 15) is 0 Å². The van der Waals surface area contributed by atoms with Crippen molar-refractivity contribution in [3.8, 4) is 0 Å². The molecule has 0 aliphatic carbocycles. The third kappa shape index (κ3) is 2.22. The zero-order valence-electron chi connectivity index (χ0n) is 10.1. The van der Waals surface area contributed by atoms with Crippen LogP contribution in [-0.2, 0) is 0 Å². The van der Waals surface area contributed by atoms with Gasteiger partial charge in [0.05, 0.1) is 0 Å². The molecule has 0 bridgehead atoms. The molecule has 3 heterocycles. The van der Waals surface area contributed by atoms with E-state index in [-0.39, 0.29) is 0 Å². The monoisotopic (exact) mass is 236 g/mol. The molecule has 1 aromatic heterocycles. The number of nitrogen functional groups attached to an aromatic ring is 1. The van der Waals surface area contributed by atoms with E-state index in [0.717, 1.165) is 19.0 Å². The Labute approximate surface area is 101 Å². The SMILES string of the molecule is Nc1nc(N2CCC(N3CCCCC3)C2)n[nH]1. The summed E-state index contributed by atoms with van der Waals surface area (Å²) >= 11 is 0. The van der Waals surface area contributed by atoms with Crippen molar-refractivity contribution in [2.45, 2.75) is 31.7 Å². The third-order valence-corrected chi connectivity index (χ3v) is 3.84. The van der Waals surface area contributed by atoms with Crippen LogP contribution in [0.25, 0.3) is 0 Å². The van der Waals surface area contributed by atoms with Crippen LogP contribution in [0.3, 0.4) is 0 Å². The number of aromatic amines is 1. The highest BCUT2D eigenvalue weighted by Crippen LogP contribution is 2.22. The Morgan fingerprint density at radius 3 is 2.71 bits per heavy atom. The number of likely N-dealkylation sites (tertiary alicyclic amines) is 1. The van der Waals surface area contributed by atoms with Crippen molar-refractivity contribution in [1.82, 2.24) is 20.1 Å². The number of nitrogens with two attached hydrogens (primary N) is 1. The second-order valence-electron chi connectivity index (χ2n) is 5.01. The maximum absolute atomic E-state index is 5.56. The lowest BCUT2D eigenvalue weighted by Crippen LogP contribution is -2.41. The molecular formula is C11H20N6. The van der Waals surface area contributed by atoms with Gasteiger partial charge in [-0.15, -0.1) is 5.10 Å². The Bertz CT molecular complexity index is 370. The molecule has 6 heteroatoms. The number of nitrogens with zero attached hydrogens (tertiary/aromatic N) is 4. The van der Waals surface area contributed by atoms with E-state index in [4.69, 9.17) is 5.73 Å². The van der Waals surface area contributed by atoms with Crippen LogP contribution in [0.1, 0.15) is 25.7 Å². The predicted octanol–water partition coefficient (Wildman–Crippen LogP) is 0.451. The van der Waals surface area contributed by atoms with Crippen LogP contribution in [-0.4, -0.2) is 52.3 Å². The molecule has 2 fully saturated rings. The van der Waals surface area contributed by atoms with Crippen LogP contribution >= 0.6 is 0 Å². The minimum Gasteiger partial charge on any atom is -0.368 e. The molecule has 0 spiro atoms. The fourth-order valence-electron chi connectivity index (χ4n) is 2.91. The van der Waals surface area contributed by atoms with Gasteiger partial charge in [0.1, 0.15) is 0 Å². The smallest absolute Gasteiger partial charge is 0.246 e. The molecule has 2 aliphatic heterocycles. The lowest BCUT2D eigenvalue weighted by Gasteiger charge is -2.31. The van der Waals surface area contributed by atoms with E-state index in [0.29, 0.717) is 12.0 Å². The van der Waals surface area contributed by atoms with E-state index in [2.05, 4.69) is 25.0 Å². The number of anilines is 2. The van der Waals surface area contributed by atoms with Gasteiger partial charge >= 0.3 is 0 Å². The molecule has 1 atom stereocenters. The first-order valence-electron chi connectivity index (χ1n) is 6.50. The standard InChI is InChI=1S/C11H20N6/c12-10-13-11(15-14-10)17-7-4-9(8-17)16-5-2-1-3-6-16/h9H,1-8H2,(H3,12,13,14,15). The number of rotatable bonds is 2.